The highest BCUT2D eigenvalue weighted by molar-refractivity contribution is 7.17. The number of aromatic hydroxyl groups is 1. The number of hydrogen-bond acceptors (Lipinski definition) is 2. The minimum atomic E-state index is -2.86. The molecule has 4 heteroatoms. The summed E-state index contributed by atoms with van der Waals surface area (Å²) in [6, 6.07) is 4.51. The summed E-state index contributed by atoms with van der Waals surface area (Å²) in [6.45, 7) is 0.860. The molecule has 0 radical (unpaired) electrons. The second-order valence-corrected chi connectivity index (χ2v) is 4.13. The molecule has 74 valence electrons. The summed E-state index contributed by atoms with van der Waals surface area (Å²) in [5.41, 5.74) is -0.0200. The van der Waals surface area contributed by atoms with Gasteiger partial charge < -0.3 is 5.11 Å². The van der Waals surface area contributed by atoms with Crippen LogP contribution in [0, 0.1) is 0 Å². The number of thiophene rings is 1. The lowest BCUT2D eigenvalue weighted by Gasteiger charge is -2.08. The summed E-state index contributed by atoms with van der Waals surface area (Å²) in [5.74, 6) is -2.84. The van der Waals surface area contributed by atoms with Gasteiger partial charge >= 0.3 is 0 Å². The van der Waals surface area contributed by atoms with E-state index in [2.05, 4.69) is 0 Å². The smallest absolute Gasteiger partial charge is 0.271 e. The Morgan fingerprint density at radius 1 is 1.36 bits per heavy atom. The van der Waals surface area contributed by atoms with E-state index in [1.54, 1.807) is 6.07 Å². The fraction of sp³-hybridized carbons (Fsp3) is 0.200. The van der Waals surface area contributed by atoms with Gasteiger partial charge in [0.05, 0.1) is 0 Å². The van der Waals surface area contributed by atoms with Gasteiger partial charge in [-0.1, -0.05) is 0 Å². The molecule has 0 amide bonds. The molecule has 0 bridgehead atoms. The van der Waals surface area contributed by atoms with Crippen LogP contribution in [0.5, 0.6) is 5.75 Å². The molecule has 0 unspecified atom stereocenters. The average molecular weight is 214 g/mol. The minimum Gasteiger partial charge on any atom is -0.508 e. The first-order chi connectivity index (χ1) is 6.48. The van der Waals surface area contributed by atoms with E-state index in [-0.39, 0.29) is 11.3 Å². The van der Waals surface area contributed by atoms with Gasteiger partial charge in [-0.15, -0.1) is 11.3 Å². The number of rotatable bonds is 1. The van der Waals surface area contributed by atoms with Gasteiger partial charge in [0.25, 0.3) is 5.92 Å². The van der Waals surface area contributed by atoms with Crippen LogP contribution in [0.3, 0.4) is 0 Å². The van der Waals surface area contributed by atoms with E-state index < -0.39 is 5.92 Å². The highest BCUT2D eigenvalue weighted by Gasteiger charge is 2.27. The summed E-state index contributed by atoms with van der Waals surface area (Å²) in [5, 5.41) is 11.1. The van der Waals surface area contributed by atoms with Crippen molar-refractivity contribution in [2.45, 2.75) is 12.8 Å². The van der Waals surface area contributed by atoms with Crippen LogP contribution in [0.2, 0.25) is 0 Å². The summed E-state index contributed by atoms with van der Waals surface area (Å²) < 4.78 is 26.9. The van der Waals surface area contributed by atoms with Gasteiger partial charge in [-0.3, -0.25) is 0 Å². The normalized spacial score (nSPS) is 12.2. The van der Waals surface area contributed by atoms with E-state index >= 15 is 0 Å². The molecule has 1 nitrogen and oxygen atoms in total. The van der Waals surface area contributed by atoms with Gasteiger partial charge in [-0.25, -0.2) is 8.78 Å². The molecule has 2 aromatic rings. The van der Waals surface area contributed by atoms with Crippen LogP contribution in [0.15, 0.2) is 23.6 Å². The minimum absolute atomic E-state index is 0.0152. The van der Waals surface area contributed by atoms with Crippen molar-refractivity contribution in [3.05, 3.63) is 29.1 Å². The van der Waals surface area contributed by atoms with Gasteiger partial charge in [0, 0.05) is 28.0 Å². The first kappa shape index (κ1) is 9.40. The molecule has 0 fully saturated rings. The Kier molecular flexibility index (Phi) is 1.96. The van der Waals surface area contributed by atoms with E-state index in [1.807, 2.05) is 0 Å². The SMILES string of the molecule is CC(F)(F)c1csc2ccc(O)cc12. The van der Waals surface area contributed by atoms with Crippen molar-refractivity contribution in [1.82, 2.24) is 0 Å². The molecular formula is C10H8F2OS. The Labute approximate surface area is 83.6 Å². The maximum atomic E-state index is 13.1. The van der Waals surface area contributed by atoms with E-state index in [0.717, 1.165) is 11.6 Å². The fourth-order valence-electron chi connectivity index (χ4n) is 1.36. The summed E-state index contributed by atoms with van der Waals surface area (Å²) in [4.78, 5) is 0. The van der Waals surface area contributed by atoms with Crippen LogP contribution in [-0.2, 0) is 5.92 Å². The number of hydrogen-bond donors (Lipinski definition) is 1. The number of alkyl halides is 2. The molecule has 0 aliphatic heterocycles. The van der Waals surface area contributed by atoms with Crippen LogP contribution in [0.4, 0.5) is 8.78 Å². The zero-order valence-corrected chi connectivity index (χ0v) is 8.24. The third-order valence-corrected chi connectivity index (χ3v) is 2.99. The lowest BCUT2D eigenvalue weighted by Crippen LogP contribution is -2.05. The molecule has 2 rings (SSSR count). The van der Waals surface area contributed by atoms with Crippen molar-refractivity contribution < 1.29 is 13.9 Å². The zero-order valence-electron chi connectivity index (χ0n) is 7.42. The number of phenolic OH excluding ortho intramolecular Hbond substituents is 1. The topological polar surface area (TPSA) is 20.2 Å². The number of halogens is 2. The van der Waals surface area contributed by atoms with Crippen molar-refractivity contribution in [2.75, 3.05) is 0 Å². The molecule has 0 aliphatic rings. The summed E-state index contributed by atoms with van der Waals surface area (Å²) in [7, 11) is 0. The van der Waals surface area contributed by atoms with E-state index in [9.17, 15) is 13.9 Å². The standard InChI is InChI=1S/C10H8F2OS/c1-10(11,12)8-5-14-9-3-2-6(13)4-7(8)9/h2-5,13H,1H3. The molecule has 14 heavy (non-hydrogen) atoms. The molecule has 0 saturated heterocycles. The third-order valence-electron chi connectivity index (χ3n) is 2.03. The second-order valence-electron chi connectivity index (χ2n) is 3.22. The maximum Gasteiger partial charge on any atom is 0.271 e. The number of fused-ring (bicyclic) bond motifs is 1. The van der Waals surface area contributed by atoms with Gasteiger partial charge in [0.15, 0.2) is 0 Å². The Hall–Kier alpha value is -1.16. The highest BCUT2D eigenvalue weighted by atomic mass is 32.1. The predicted molar refractivity (Wildman–Crippen MR) is 53.1 cm³/mol. The quantitative estimate of drug-likeness (QED) is 0.767. The van der Waals surface area contributed by atoms with Crippen LogP contribution in [0.1, 0.15) is 12.5 Å². The molecule has 1 N–H and O–H groups in total. The van der Waals surface area contributed by atoms with Crippen molar-refractivity contribution in [3.8, 4) is 5.75 Å². The first-order valence-corrected chi connectivity index (χ1v) is 4.95. The summed E-state index contributed by atoms with van der Waals surface area (Å²) >= 11 is 1.26. The zero-order chi connectivity index (χ0) is 10.3. The second kappa shape index (κ2) is 2.92. The van der Waals surface area contributed by atoms with Crippen LogP contribution >= 0.6 is 11.3 Å². The largest absolute Gasteiger partial charge is 0.508 e. The third kappa shape index (κ3) is 1.46. The molecule has 0 atom stereocenters. The van der Waals surface area contributed by atoms with Gasteiger partial charge in [-0.05, 0) is 18.2 Å². The van der Waals surface area contributed by atoms with Crippen LogP contribution < -0.4 is 0 Å². The van der Waals surface area contributed by atoms with Crippen molar-refractivity contribution in [1.29, 1.82) is 0 Å². The molecule has 1 aromatic carbocycles. The average Bonchev–Trinajstić information content (AvgIpc) is 2.45. The van der Waals surface area contributed by atoms with E-state index in [0.29, 0.717) is 5.39 Å². The van der Waals surface area contributed by atoms with Gasteiger partial charge in [0.1, 0.15) is 5.75 Å². The van der Waals surface area contributed by atoms with Crippen molar-refractivity contribution >= 4 is 21.4 Å². The van der Waals surface area contributed by atoms with Crippen LogP contribution in [0.25, 0.3) is 10.1 Å². The predicted octanol–water partition coefficient (Wildman–Crippen LogP) is 3.72. The molecule has 1 heterocycles. The maximum absolute atomic E-state index is 13.1. The lowest BCUT2D eigenvalue weighted by atomic mass is 10.1. The molecule has 0 spiro atoms. The lowest BCUT2D eigenvalue weighted by molar-refractivity contribution is 0.0195. The van der Waals surface area contributed by atoms with E-state index in [4.69, 9.17) is 0 Å². The van der Waals surface area contributed by atoms with Gasteiger partial charge in [0.2, 0.25) is 0 Å². The Balaban J connectivity index is 2.73. The molecular weight excluding hydrogens is 206 g/mol. The Morgan fingerprint density at radius 2 is 2.07 bits per heavy atom. The monoisotopic (exact) mass is 214 g/mol. The number of benzene rings is 1. The number of phenols is 1. The Morgan fingerprint density at radius 3 is 2.71 bits per heavy atom. The van der Waals surface area contributed by atoms with Crippen molar-refractivity contribution in [3.63, 3.8) is 0 Å². The van der Waals surface area contributed by atoms with Crippen molar-refractivity contribution in [2.24, 2.45) is 0 Å². The first-order valence-electron chi connectivity index (χ1n) is 4.07. The van der Waals surface area contributed by atoms with Crippen LogP contribution in [-0.4, -0.2) is 5.11 Å². The molecule has 0 saturated carbocycles. The molecule has 0 aliphatic carbocycles. The van der Waals surface area contributed by atoms with E-state index in [1.165, 1.54) is 28.8 Å². The molecule has 1 aromatic heterocycles. The fourth-order valence-corrected chi connectivity index (χ4v) is 2.38. The Bertz CT molecular complexity index is 470. The highest BCUT2D eigenvalue weighted by Crippen LogP contribution is 2.38. The summed E-state index contributed by atoms with van der Waals surface area (Å²) in [6.07, 6.45) is 0. The van der Waals surface area contributed by atoms with Gasteiger partial charge in [-0.2, -0.15) is 0 Å².